The predicted molar refractivity (Wildman–Crippen MR) is 319 cm³/mol. The molecule has 1 heterocycles. The highest BCUT2D eigenvalue weighted by Gasteiger charge is 2.46. The summed E-state index contributed by atoms with van der Waals surface area (Å²) in [6.45, 7) is 0. The fraction of sp³-hybridized carbons (Fsp3) is 0.0133. The summed E-state index contributed by atoms with van der Waals surface area (Å²) in [6.07, 6.45) is 0. The Kier molecular flexibility index (Phi) is 9.32. The van der Waals surface area contributed by atoms with Crippen LogP contribution in [0, 0.1) is 0 Å². The predicted octanol–water partition coefficient (Wildman–Crippen LogP) is 19.8. The number of nitrogens with zero attached hydrogens (tertiary/aromatic N) is 1. The fourth-order valence-electron chi connectivity index (χ4n) is 13.7. The number of benzene rings is 13. The van der Waals surface area contributed by atoms with E-state index in [9.17, 15) is 0 Å². The van der Waals surface area contributed by atoms with Crippen molar-refractivity contribution in [1.82, 2.24) is 4.57 Å². The second-order valence-electron chi connectivity index (χ2n) is 20.6. The Balaban J connectivity index is 0.918. The van der Waals surface area contributed by atoms with Crippen LogP contribution in [0.4, 0.5) is 0 Å². The number of para-hydroxylation sites is 1. The molecule has 0 atom stereocenters. The second-order valence-corrected chi connectivity index (χ2v) is 20.6. The van der Waals surface area contributed by atoms with E-state index in [-0.39, 0.29) is 0 Å². The SMILES string of the molecule is c1ccc(C2(c3ccccc3)c3ccccc3-c3cc4c5ccccc5n(-c5cccc(-c6c7ccccc7c(-c7ccc8c(c7)-c7ccccc7-c7ccccc7-c7ccccc7-8)c7ccccc67)c5)c4cc32)cc1. The van der Waals surface area contributed by atoms with E-state index in [1.807, 2.05) is 0 Å². The van der Waals surface area contributed by atoms with E-state index in [4.69, 9.17) is 0 Å². The van der Waals surface area contributed by atoms with E-state index in [0.29, 0.717) is 0 Å². The summed E-state index contributed by atoms with van der Waals surface area (Å²) < 4.78 is 2.52. The topological polar surface area (TPSA) is 4.93 Å². The average Bonchev–Trinajstić information content (AvgIpc) is 4.09. The molecule has 1 aromatic heterocycles. The first-order valence-corrected chi connectivity index (χ1v) is 26.5. The maximum Gasteiger partial charge on any atom is 0.0714 e. The van der Waals surface area contributed by atoms with Crippen molar-refractivity contribution in [3.63, 3.8) is 0 Å². The third-order valence-electron chi connectivity index (χ3n) is 16.8. The first-order chi connectivity index (χ1) is 37.7. The summed E-state index contributed by atoms with van der Waals surface area (Å²) in [5.74, 6) is 0. The molecule has 2 aliphatic rings. The van der Waals surface area contributed by atoms with Crippen LogP contribution in [0.3, 0.4) is 0 Å². The van der Waals surface area contributed by atoms with Crippen molar-refractivity contribution in [3.05, 3.63) is 307 Å². The molecule has 352 valence electrons. The van der Waals surface area contributed by atoms with E-state index in [0.717, 1.165) is 5.69 Å². The zero-order chi connectivity index (χ0) is 49.9. The lowest BCUT2D eigenvalue weighted by atomic mass is 9.67. The van der Waals surface area contributed by atoms with Gasteiger partial charge >= 0.3 is 0 Å². The highest BCUT2D eigenvalue weighted by Crippen LogP contribution is 2.58. The summed E-state index contributed by atoms with van der Waals surface area (Å²) in [5, 5.41) is 7.42. The van der Waals surface area contributed by atoms with Crippen molar-refractivity contribution in [2.24, 2.45) is 0 Å². The van der Waals surface area contributed by atoms with Gasteiger partial charge in [0.2, 0.25) is 0 Å². The minimum absolute atomic E-state index is 0.513. The summed E-state index contributed by atoms with van der Waals surface area (Å²) in [4.78, 5) is 0. The van der Waals surface area contributed by atoms with Gasteiger partial charge in [-0.15, -0.1) is 0 Å². The number of fused-ring (bicyclic) bond motifs is 16. The molecule has 0 saturated carbocycles. The minimum Gasteiger partial charge on any atom is -0.309 e. The molecule has 1 heteroatoms. The third-order valence-corrected chi connectivity index (χ3v) is 16.8. The Labute approximate surface area is 441 Å². The molecule has 16 rings (SSSR count). The number of hydrogen-bond donors (Lipinski definition) is 0. The molecule has 0 amide bonds. The van der Waals surface area contributed by atoms with Crippen LogP contribution in [-0.2, 0) is 5.41 Å². The zero-order valence-corrected chi connectivity index (χ0v) is 41.6. The van der Waals surface area contributed by atoms with Crippen molar-refractivity contribution in [2.45, 2.75) is 5.41 Å². The first kappa shape index (κ1) is 42.7. The third kappa shape index (κ3) is 6.03. The Morgan fingerprint density at radius 1 is 0.224 bits per heavy atom. The van der Waals surface area contributed by atoms with Crippen molar-refractivity contribution in [1.29, 1.82) is 0 Å². The van der Waals surface area contributed by atoms with Crippen LogP contribution in [0.2, 0.25) is 0 Å². The lowest BCUT2D eigenvalue weighted by molar-refractivity contribution is 0.769. The molecular formula is C75H47N. The van der Waals surface area contributed by atoms with Crippen LogP contribution in [0.1, 0.15) is 22.3 Å². The van der Waals surface area contributed by atoms with E-state index in [2.05, 4.69) is 290 Å². The fourth-order valence-corrected chi connectivity index (χ4v) is 13.7. The lowest BCUT2D eigenvalue weighted by Gasteiger charge is -2.34. The van der Waals surface area contributed by atoms with Crippen molar-refractivity contribution in [3.8, 4) is 83.6 Å². The van der Waals surface area contributed by atoms with Crippen LogP contribution in [0.25, 0.3) is 127 Å². The summed E-state index contributed by atoms with van der Waals surface area (Å²) in [5.41, 5.74) is 25.6. The summed E-state index contributed by atoms with van der Waals surface area (Å²) >= 11 is 0. The molecule has 1 nitrogen and oxygen atoms in total. The molecule has 14 aromatic rings. The van der Waals surface area contributed by atoms with Crippen LogP contribution in [0.15, 0.2) is 285 Å². The second kappa shape index (κ2) is 16.6. The standard InChI is InChI=1S/C75H47N/c1-3-23-50(24-4-1)75(51-25-5-2-6-26-51)69-40-19-17-34-60(69)67-46-68-61-35-18-20-41-71(61)76(72(68)47-70(67)75)52-27-21-22-48(44-52)73-62-36-13-15-38-64(62)74(65-39-16-14-37-63(65)73)49-42-43-59-57-32-10-9-30-55(57)53-28-7-8-29-54(53)56-31-11-12-33-58(56)66(59)45-49/h1-47H. The Bertz CT molecular complexity index is 4590. The highest BCUT2D eigenvalue weighted by molar-refractivity contribution is 6.22. The van der Waals surface area contributed by atoms with E-state index < -0.39 is 5.41 Å². The van der Waals surface area contributed by atoms with Crippen molar-refractivity contribution in [2.75, 3.05) is 0 Å². The molecule has 0 N–H and O–H groups in total. The normalized spacial score (nSPS) is 12.8. The monoisotopic (exact) mass is 961 g/mol. The molecular weight excluding hydrogens is 915 g/mol. The number of hydrogen-bond acceptors (Lipinski definition) is 0. The largest absolute Gasteiger partial charge is 0.309 e. The molecule has 76 heavy (non-hydrogen) atoms. The molecule has 0 aliphatic heterocycles. The van der Waals surface area contributed by atoms with Gasteiger partial charge < -0.3 is 4.57 Å². The molecule has 0 fully saturated rings. The summed E-state index contributed by atoms with van der Waals surface area (Å²) in [6, 6.07) is 107. The van der Waals surface area contributed by atoms with Crippen LogP contribution in [0.5, 0.6) is 0 Å². The molecule has 0 spiro atoms. The van der Waals surface area contributed by atoms with Gasteiger partial charge in [0.1, 0.15) is 0 Å². The quantitative estimate of drug-likeness (QED) is 0.152. The van der Waals surface area contributed by atoms with Crippen LogP contribution in [-0.4, -0.2) is 4.57 Å². The Morgan fingerprint density at radius 2 is 0.658 bits per heavy atom. The van der Waals surface area contributed by atoms with Gasteiger partial charge in [-0.05, 0) is 158 Å². The van der Waals surface area contributed by atoms with Gasteiger partial charge in [0.25, 0.3) is 0 Å². The van der Waals surface area contributed by atoms with Gasteiger partial charge in [0, 0.05) is 16.5 Å². The van der Waals surface area contributed by atoms with Crippen molar-refractivity contribution < 1.29 is 0 Å². The van der Waals surface area contributed by atoms with Crippen molar-refractivity contribution >= 4 is 43.4 Å². The first-order valence-electron chi connectivity index (χ1n) is 26.5. The molecule has 0 unspecified atom stereocenters. The van der Waals surface area contributed by atoms with E-state index in [1.54, 1.807) is 0 Å². The molecule has 0 radical (unpaired) electrons. The van der Waals surface area contributed by atoms with Gasteiger partial charge in [-0.25, -0.2) is 0 Å². The minimum atomic E-state index is -0.513. The van der Waals surface area contributed by atoms with Gasteiger partial charge in [0.15, 0.2) is 0 Å². The number of aromatic nitrogens is 1. The van der Waals surface area contributed by atoms with Gasteiger partial charge in [-0.1, -0.05) is 249 Å². The lowest BCUT2D eigenvalue weighted by Crippen LogP contribution is -2.28. The Morgan fingerprint density at radius 3 is 1.21 bits per heavy atom. The maximum atomic E-state index is 2.52. The van der Waals surface area contributed by atoms with Gasteiger partial charge in [0.05, 0.1) is 16.4 Å². The smallest absolute Gasteiger partial charge is 0.0714 e. The maximum absolute atomic E-state index is 2.52. The number of rotatable bonds is 5. The van der Waals surface area contributed by atoms with Crippen LogP contribution >= 0.6 is 0 Å². The Hall–Kier alpha value is -9.82. The van der Waals surface area contributed by atoms with E-state index >= 15 is 0 Å². The van der Waals surface area contributed by atoms with Gasteiger partial charge in [-0.3, -0.25) is 0 Å². The van der Waals surface area contributed by atoms with E-state index in [1.165, 1.54) is 143 Å². The average molecular weight is 962 g/mol. The highest BCUT2D eigenvalue weighted by atomic mass is 15.0. The van der Waals surface area contributed by atoms with Gasteiger partial charge in [-0.2, -0.15) is 0 Å². The molecule has 2 aliphatic carbocycles. The molecule has 0 bridgehead atoms. The van der Waals surface area contributed by atoms with Crippen LogP contribution < -0.4 is 0 Å². The molecule has 13 aromatic carbocycles. The molecule has 0 saturated heterocycles. The zero-order valence-electron chi connectivity index (χ0n) is 41.6. The summed E-state index contributed by atoms with van der Waals surface area (Å²) in [7, 11) is 0.